The van der Waals surface area contributed by atoms with E-state index in [-0.39, 0.29) is 25.0 Å². The lowest BCUT2D eigenvalue weighted by Gasteiger charge is -2.31. The highest BCUT2D eigenvalue weighted by Crippen LogP contribution is 2.44. The predicted octanol–water partition coefficient (Wildman–Crippen LogP) is 5.33. The van der Waals surface area contributed by atoms with E-state index < -0.39 is 17.6 Å². The van der Waals surface area contributed by atoms with Crippen LogP contribution in [0.1, 0.15) is 49.5 Å². The number of aliphatic hydroxyl groups is 1. The summed E-state index contributed by atoms with van der Waals surface area (Å²) in [6.07, 6.45) is 0.524. The smallest absolute Gasteiger partial charge is 0.266 e. The first-order chi connectivity index (χ1) is 21.9. The Morgan fingerprint density at radius 1 is 1.09 bits per heavy atom. The third kappa shape index (κ3) is 8.74. The van der Waals surface area contributed by atoms with Crippen LogP contribution in [0.4, 0.5) is 5.69 Å². The number of aliphatic imine (C=N–C) groups is 1. The topological polar surface area (TPSA) is 159 Å². The third-order valence-electron chi connectivity index (χ3n) is 7.13. The van der Waals surface area contributed by atoms with Crippen molar-refractivity contribution >= 4 is 17.5 Å². The molecular weight excluding hydrogens is 576 g/mol. The van der Waals surface area contributed by atoms with Crippen LogP contribution < -0.4 is 20.3 Å². The zero-order chi connectivity index (χ0) is 32.1. The van der Waals surface area contributed by atoms with Gasteiger partial charge in [0.2, 0.25) is 5.90 Å². The van der Waals surface area contributed by atoms with E-state index in [2.05, 4.69) is 20.9 Å². The lowest BCUT2D eigenvalue weighted by Crippen LogP contribution is -2.54. The lowest BCUT2D eigenvalue weighted by atomic mass is 9.81. The van der Waals surface area contributed by atoms with Crippen molar-refractivity contribution in [2.75, 3.05) is 33.5 Å². The highest BCUT2D eigenvalue weighted by Gasteiger charge is 2.53. The Morgan fingerprint density at radius 3 is 2.62 bits per heavy atom. The maximum Gasteiger partial charge on any atom is 0.266 e. The van der Waals surface area contributed by atoms with Gasteiger partial charge in [0.1, 0.15) is 11.5 Å². The van der Waals surface area contributed by atoms with E-state index >= 15 is 0 Å². The maximum atomic E-state index is 14.3. The maximum absolute atomic E-state index is 14.3. The van der Waals surface area contributed by atoms with Crippen LogP contribution in [0.15, 0.2) is 82.9 Å². The number of carbonyl (C=O) groups is 1. The van der Waals surface area contributed by atoms with Gasteiger partial charge in [-0.15, -0.1) is 0 Å². The molecule has 1 aliphatic rings. The van der Waals surface area contributed by atoms with Crippen LogP contribution in [0, 0.1) is 0 Å². The van der Waals surface area contributed by atoms with Crippen molar-refractivity contribution in [2.24, 2.45) is 10.1 Å². The number of aliphatic hydroxyl groups excluding tert-OH is 1. The normalized spacial score (nSPS) is 17.3. The van der Waals surface area contributed by atoms with Crippen LogP contribution in [0.25, 0.3) is 10.4 Å². The highest BCUT2D eigenvalue weighted by atomic mass is 16.5. The third-order valence-corrected chi connectivity index (χ3v) is 7.13. The van der Waals surface area contributed by atoms with Crippen molar-refractivity contribution in [2.45, 2.75) is 50.9 Å². The number of benzene rings is 3. The second-order valence-electron chi connectivity index (χ2n) is 10.7. The van der Waals surface area contributed by atoms with Crippen molar-refractivity contribution in [1.29, 1.82) is 0 Å². The molecule has 3 aromatic carbocycles. The number of hydrazine groups is 1. The molecule has 12 heteroatoms. The van der Waals surface area contributed by atoms with Gasteiger partial charge in [-0.2, -0.15) is 0 Å². The van der Waals surface area contributed by atoms with Gasteiger partial charge >= 0.3 is 0 Å². The molecule has 0 aromatic heterocycles. The Balaban J connectivity index is 1.75. The molecule has 0 saturated heterocycles. The van der Waals surface area contributed by atoms with Gasteiger partial charge < -0.3 is 24.1 Å². The van der Waals surface area contributed by atoms with Crippen LogP contribution in [0.2, 0.25) is 0 Å². The minimum Gasteiger partial charge on any atom is -0.497 e. The fourth-order valence-electron chi connectivity index (χ4n) is 4.91. The van der Waals surface area contributed by atoms with Crippen LogP contribution in [-0.4, -0.2) is 62.0 Å². The van der Waals surface area contributed by atoms with E-state index in [1.54, 1.807) is 31.4 Å². The summed E-state index contributed by atoms with van der Waals surface area (Å²) < 4.78 is 23.4. The molecular formula is C33H40N6O6. The van der Waals surface area contributed by atoms with Crippen molar-refractivity contribution in [3.63, 3.8) is 0 Å². The number of azide groups is 1. The molecule has 0 unspecified atom stereocenters. The summed E-state index contributed by atoms with van der Waals surface area (Å²) in [5.74, 6) is 1.08. The SMILES string of the molecule is COc1cccc([C@@H]2OC(c3ccc(OCCCO)cc3)=N[C@]2(Cc2ccccc2N=[N+]=[N-])C(=O)NNCCCOC(C)C)c1. The number of ether oxygens (including phenoxy) is 4. The van der Waals surface area contributed by atoms with Gasteiger partial charge in [0.15, 0.2) is 11.6 Å². The number of carbonyl (C=O) groups excluding carboxylic acids is 1. The summed E-state index contributed by atoms with van der Waals surface area (Å²) >= 11 is 0. The minimum atomic E-state index is -1.51. The van der Waals surface area contributed by atoms with Crippen LogP contribution in [0.3, 0.4) is 0 Å². The first-order valence-corrected chi connectivity index (χ1v) is 14.9. The van der Waals surface area contributed by atoms with Crippen LogP contribution >= 0.6 is 0 Å². The molecule has 2 atom stereocenters. The number of methoxy groups -OCH3 is 1. The number of hydrogen-bond acceptors (Lipinski definition) is 9. The van der Waals surface area contributed by atoms with Gasteiger partial charge in [0.25, 0.3) is 5.91 Å². The van der Waals surface area contributed by atoms with Crippen molar-refractivity contribution in [3.8, 4) is 11.5 Å². The number of nitrogens with zero attached hydrogens (tertiary/aromatic N) is 4. The molecule has 4 rings (SSSR count). The monoisotopic (exact) mass is 616 g/mol. The van der Waals surface area contributed by atoms with Gasteiger partial charge in [-0.05, 0) is 73.3 Å². The van der Waals surface area contributed by atoms with E-state index in [1.165, 1.54) is 0 Å². The van der Waals surface area contributed by atoms with Gasteiger partial charge in [-0.3, -0.25) is 10.2 Å². The molecule has 0 aliphatic carbocycles. The summed E-state index contributed by atoms with van der Waals surface area (Å²) in [7, 11) is 1.57. The quantitative estimate of drug-likeness (QED) is 0.0607. The Kier molecular flexibility index (Phi) is 12.2. The van der Waals surface area contributed by atoms with Gasteiger partial charge in [-0.25, -0.2) is 10.4 Å². The largest absolute Gasteiger partial charge is 0.497 e. The molecule has 238 valence electrons. The molecule has 45 heavy (non-hydrogen) atoms. The number of hydrogen-bond donors (Lipinski definition) is 3. The number of rotatable bonds is 17. The highest BCUT2D eigenvalue weighted by molar-refractivity contribution is 6.01. The van der Waals surface area contributed by atoms with E-state index in [9.17, 15) is 10.3 Å². The first kappa shape index (κ1) is 33.3. The summed E-state index contributed by atoms with van der Waals surface area (Å²) in [5, 5.41) is 12.9. The van der Waals surface area contributed by atoms with Gasteiger partial charge in [-0.1, -0.05) is 41.5 Å². The fraction of sp³-hybridized carbons (Fsp3) is 0.394. The summed E-state index contributed by atoms with van der Waals surface area (Å²) in [5.41, 5.74) is 16.0. The molecule has 1 heterocycles. The average molecular weight is 617 g/mol. The molecule has 0 saturated carbocycles. The van der Waals surface area contributed by atoms with Crippen LogP contribution in [0.5, 0.6) is 11.5 Å². The molecule has 12 nitrogen and oxygen atoms in total. The second-order valence-corrected chi connectivity index (χ2v) is 10.7. The molecule has 0 radical (unpaired) electrons. The summed E-state index contributed by atoms with van der Waals surface area (Å²) in [6.45, 7) is 5.39. The summed E-state index contributed by atoms with van der Waals surface area (Å²) in [4.78, 5) is 22.3. The Hall–Kier alpha value is -4.61. The van der Waals surface area contributed by atoms with Crippen molar-refractivity contribution in [3.05, 3.63) is 99.9 Å². The lowest BCUT2D eigenvalue weighted by molar-refractivity contribution is -0.130. The molecule has 0 fully saturated rings. The minimum absolute atomic E-state index is 0.0436. The zero-order valence-corrected chi connectivity index (χ0v) is 25.8. The molecule has 3 aromatic rings. The number of amides is 1. The second kappa shape index (κ2) is 16.5. The first-order valence-electron chi connectivity index (χ1n) is 14.9. The number of nitrogens with one attached hydrogen (secondary N) is 2. The van der Waals surface area contributed by atoms with Crippen LogP contribution in [-0.2, 0) is 20.7 Å². The molecule has 1 amide bonds. The molecule has 0 spiro atoms. The molecule has 0 bridgehead atoms. The molecule has 1 aliphatic heterocycles. The van der Waals surface area contributed by atoms with Crippen molar-refractivity contribution < 1.29 is 28.8 Å². The van der Waals surface area contributed by atoms with E-state index in [0.717, 1.165) is 0 Å². The average Bonchev–Trinajstić information content (AvgIpc) is 3.44. The zero-order valence-electron chi connectivity index (χ0n) is 25.8. The van der Waals surface area contributed by atoms with E-state index in [4.69, 9.17) is 29.0 Å². The fourth-order valence-corrected chi connectivity index (χ4v) is 4.91. The Morgan fingerprint density at radius 2 is 1.89 bits per heavy atom. The van der Waals surface area contributed by atoms with Gasteiger partial charge in [0, 0.05) is 48.8 Å². The summed E-state index contributed by atoms with van der Waals surface area (Å²) in [6, 6.07) is 21.6. The van der Waals surface area contributed by atoms with E-state index in [1.807, 2.05) is 62.4 Å². The molecule has 3 N–H and O–H groups in total. The standard InChI is InChI=1S/C33H40N6O6/c1-23(2)43-19-7-17-35-38-32(41)33(22-26-9-4-5-12-29(26)37-39-34)30(25-10-6-11-28(21-25)42-3)45-31(36-33)24-13-15-27(16-14-24)44-20-8-18-40/h4-6,9-16,21,23,30,35,40H,7-8,17-20,22H2,1-3H3,(H,38,41)/t30-,33-/m0/s1. The predicted molar refractivity (Wildman–Crippen MR) is 171 cm³/mol. The van der Waals surface area contributed by atoms with E-state index in [0.29, 0.717) is 66.5 Å². The Labute approximate surface area is 263 Å². The van der Waals surface area contributed by atoms with Gasteiger partial charge in [0.05, 0.1) is 19.8 Å². The van der Waals surface area contributed by atoms with Crippen molar-refractivity contribution in [1.82, 2.24) is 10.9 Å². The Bertz CT molecular complexity index is 1490.